The molecule has 1 N–H and O–H groups in total. The fourth-order valence-corrected chi connectivity index (χ4v) is 5.30. The van der Waals surface area contributed by atoms with Crippen LogP contribution in [0.5, 0.6) is 0 Å². The highest BCUT2D eigenvalue weighted by Gasteiger charge is 2.28. The average molecular weight is 428 g/mol. The number of aromatic nitrogens is 2. The van der Waals surface area contributed by atoms with Gasteiger partial charge in [-0.25, -0.2) is 8.42 Å². The lowest BCUT2D eigenvalue weighted by Crippen LogP contribution is -2.47. The third kappa shape index (κ3) is 4.49. The number of nitrogens with zero attached hydrogens (tertiary/aromatic N) is 4. The van der Waals surface area contributed by atoms with Crippen LogP contribution < -0.4 is 5.32 Å². The predicted molar refractivity (Wildman–Crippen MR) is 107 cm³/mol. The van der Waals surface area contributed by atoms with Crippen molar-refractivity contribution in [2.75, 3.05) is 44.8 Å². The highest BCUT2D eigenvalue weighted by Crippen LogP contribution is 2.25. The van der Waals surface area contributed by atoms with E-state index < -0.39 is 15.9 Å². The Labute approximate surface area is 167 Å². The number of carbonyl (C=O) groups is 1. The quantitative estimate of drug-likeness (QED) is 0.574. The number of anilines is 1. The van der Waals surface area contributed by atoms with Gasteiger partial charge < -0.3 is 4.90 Å². The molecule has 3 rings (SSSR count). The summed E-state index contributed by atoms with van der Waals surface area (Å²) in [5, 5.41) is 10.9. The number of likely N-dealkylation sites (N-methyl/N-ethyl adjacent to an activating group) is 1. The Bertz CT molecular complexity index is 937. The number of aryl methyl sites for hydroxylation is 1. The van der Waals surface area contributed by atoms with E-state index in [1.165, 1.54) is 33.5 Å². The van der Waals surface area contributed by atoms with Gasteiger partial charge in [-0.3, -0.25) is 10.1 Å². The van der Waals surface area contributed by atoms with Crippen molar-refractivity contribution in [1.82, 2.24) is 19.4 Å². The summed E-state index contributed by atoms with van der Waals surface area (Å²) < 4.78 is 28.1. The standard InChI is InChI=1S/C16H21N5O3S3/c1-11-4-5-12(27(23,24)21-8-6-20(2)7-9-21)10-13(11)14(22)17-15-18-19-16(25-3)26-15/h4-5,10H,6-9H2,1-3H3,(H,17,18,22). The van der Waals surface area contributed by atoms with Crippen molar-refractivity contribution < 1.29 is 13.2 Å². The highest BCUT2D eigenvalue weighted by molar-refractivity contribution is 8.00. The molecule has 0 atom stereocenters. The van der Waals surface area contributed by atoms with E-state index in [0.717, 1.165) is 4.34 Å². The van der Waals surface area contributed by atoms with Crippen LogP contribution in [0.15, 0.2) is 27.4 Å². The van der Waals surface area contributed by atoms with Crippen molar-refractivity contribution in [2.45, 2.75) is 16.2 Å². The molecule has 1 fully saturated rings. The van der Waals surface area contributed by atoms with Gasteiger partial charge in [0.2, 0.25) is 15.2 Å². The topological polar surface area (TPSA) is 95.5 Å². The Balaban J connectivity index is 1.84. The zero-order valence-corrected chi connectivity index (χ0v) is 17.7. The molecule has 0 aliphatic carbocycles. The average Bonchev–Trinajstić information content (AvgIpc) is 3.09. The van der Waals surface area contributed by atoms with Crippen LogP contribution in [0.25, 0.3) is 0 Å². The van der Waals surface area contributed by atoms with Gasteiger partial charge in [0.25, 0.3) is 5.91 Å². The van der Waals surface area contributed by atoms with Gasteiger partial charge in [0.15, 0.2) is 4.34 Å². The van der Waals surface area contributed by atoms with Crippen molar-refractivity contribution in [2.24, 2.45) is 0 Å². The van der Waals surface area contributed by atoms with Gasteiger partial charge in [-0.15, -0.1) is 10.2 Å². The summed E-state index contributed by atoms with van der Waals surface area (Å²) in [7, 11) is -1.67. The van der Waals surface area contributed by atoms with E-state index in [0.29, 0.717) is 42.4 Å². The second kappa shape index (κ2) is 8.23. The van der Waals surface area contributed by atoms with Crippen LogP contribution in [-0.2, 0) is 10.0 Å². The van der Waals surface area contributed by atoms with Gasteiger partial charge in [-0.1, -0.05) is 29.2 Å². The zero-order chi connectivity index (χ0) is 19.6. The number of thioether (sulfide) groups is 1. The van der Waals surface area contributed by atoms with E-state index in [4.69, 9.17) is 0 Å². The van der Waals surface area contributed by atoms with Gasteiger partial charge in [0.05, 0.1) is 4.90 Å². The van der Waals surface area contributed by atoms with Gasteiger partial charge >= 0.3 is 0 Å². The van der Waals surface area contributed by atoms with Crippen LogP contribution in [0, 0.1) is 6.92 Å². The molecule has 27 heavy (non-hydrogen) atoms. The molecule has 0 bridgehead atoms. The molecule has 1 aliphatic rings. The lowest BCUT2D eigenvalue weighted by Gasteiger charge is -2.31. The summed E-state index contributed by atoms with van der Waals surface area (Å²) in [5.41, 5.74) is 1.01. The first-order chi connectivity index (χ1) is 12.8. The summed E-state index contributed by atoms with van der Waals surface area (Å²) in [6.45, 7) is 4.03. The SMILES string of the molecule is CSc1nnc(NC(=O)c2cc(S(=O)(=O)N3CCN(C)CC3)ccc2C)s1. The number of benzene rings is 1. The van der Waals surface area contributed by atoms with Crippen LogP contribution in [0.2, 0.25) is 0 Å². The van der Waals surface area contributed by atoms with Gasteiger partial charge in [-0.05, 0) is 37.9 Å². The van der Waals surface area contributed by atoms with Gasteiger partial charge in [0.1, 0.15) is 0 Å². The molecule has 0 unspecified atom stereocenters. The van der Waals surface area contributed by atoms with E-state index >= 15 is 0 Å². The summed E-state index contributed by atoms with van der Waals surface area (Å²) in [5.74, 6) is -0.397. The zero-order valence-electron chi connectivity index (χ0n) is 15.3. The van der Waals surface area contributed by atoms with Crippen LogP contribution in [0.1, 0.15) is 15.9 Å². The molecule has 0 saturated carbocycles. The minimum Gasteiger partial charge on any atom is -0.304 e. The first-order valence-corrected chi connectivity index (χ1v) is 11.8. The number of nitrogens with one attached hydrogen (secondary N) is 1. The van der Waals surface area contributed by atoms with E-state index in [2.05, 4.69) is 20.4 Å². The molecule has 0 spiro atoms. The normalized spacial score (nSPS) is 16.4. The molecule has 146 valence electrons. The maximum absolute atomic E-state index is 12.9. The Morgan fingerprint density at radius 2 is 1.93 bits per heavy atom. The second-order valence-corrected chi connectivity index (χ2v) is 10.2. The first-order valence-electron chi connectivity index (χ1n) is 8.29. The third-order valence-electron chi connectivity index (χ3n) is 4.36. The molecular formula is C16H21N5O3S3. The van der Waals surface area contributed by atoms with E-state index in [-0.39, 0.29) is 4.90 Å². The maximum Gasteiger partial charge on any atom is 0.257 e. The Morgan fingerprint density at radius 3 is 2.56 bits per heavy atom. The van der Waals surface area contributed by atoms with E-state index in [1.54, 1.807) is 19.1 Å². The predicted octanol–water partition coefficient (Wildman–Crippen LogP) is 1.76. The monoisotopic (exact) mass is 427 g/mol. The Morgan fingerprint density at radius 1 is 1.22 bits per heavy atom. The van der Waals surface area contributed by atoms with Crippen molar-refractivity contribution in [1.29, 1.82) is 0 Å². The molecule has 1 amide bonds. The number of sulfonamides is 1. The van der Waals surface area contributed by atoms with E-state index in [9.17, 15) is 13.2 Å². The van der Waals surface area contributed by atoms with Crippen molar-refractivity contribution in [3.8, 4) is 0 Å². The van der Waals surface area contributed by atoms with Gasteiger partial charge in [-0.2, -0.15) is 4.31 Å². The number of hydrogen-bond donors (Lipinski definition) is 1. The first kappa shape index (κ1) is 20.2. The molecule has 1 saturated heterocycles. The number of amides is 1. The van der Waals surface area contributed by atoms with Crippen molar-refractivity contribution in [3.63, 3.8) is 0 Å². The lowest BCUT2D eigenvalue weighted by atomic mass is 10.1. The Kier molecular flexibility index (Phi) is 6.16. The Hall–Kier alpha value is -1.53. The maximum atomic E-state index is 12.9. The summed E-state index contributed by atoms with van der Waals surface area (Å²) in [6.07, 6.45) is 1.88. The summed E-state index contributed by atoms with van der Waals surface area (Å²) in [6, 6.07) is 4.65. The summed E-state index contributed by atoms with van der Waals surface area (Å²) in [4.78, 5) is 14.9. The molecule has 0 radical (unpaired) electrons. The molecule has 1 aromatic carbocycles. The minimum atomic E-state index is -3.63. The van der Waals surface area contributed by atoms with Crippen molar-refractivity contribution >= 4 is 44.2 Å². The molecule has 2 heterocycles. The van der Waals surface area contributed by atoms with Crippen LogP contribution in [0.4, 0.5) is 5.13 Å². The summed E-state index contributed by atoms with van der Waals surface area (Å²) >= 11 is 2.71. The van der Waals surface area contributed by atoms with Crippen LogP contribution in [-0.4, -0.2) is 73.2 Å². The molecule has 11 heteroatoms. The van der Waals surface area contributed by atoms with Crippen LogP contribution >= 0.6 is 23.1 Å². The number of rotatable bonds is 5. The van der Waals surface area contributed by atoms with Crippen LogP contribution in [0.3, 0.4) is 0 Å². The lowest BCUT2D eigenvalue weighted by molar-refractivity contribution is 0.102. The largest absolute Gasteiger partial charge is 0.304 e. The fourth-order valence-electron chi connectivity index (χ4n) is 2.69. The number of hydrogen-bond acceptors (Lipinski definition) is 8. The molecule has 1 aromatic heterocycles. The minimum absolute atomic E-state index is 0.130. The smallest absolute Gasteiger partial charge is 0.257 e. The molecule has 2 aromatic rings. The third-order valence-corrected chi connectivity index (χ3v) is 8.06. The number of piperazine rings is 1. The fraction of sp³-hybridized carbons (Fsp3) is 0.438. The molecule has 1 aliphatic heterocycles. The van der Waals surface area contributed by atoms with Crippen molar-refractivity contribution in [3.05, 3.63) is 29.3 Å². The molecule has 8 nitrogen and oxygen atoms in total. The second-order valence-electron chi connectivity index (χ2n) is 6.22. The molecular weight excluding hydrogens is 406 g/mol. The van der Waals surface area contributed by atoms with E-state index in [1.807, 2.05) is 13.3 Å². The van der Waals surface area contributed by atoms with Gasteiger partial charge in [0, 0.05) is 31.7 Å². The highest BCUT2D eigenvalue weighted by atomic mass is 32.2. The number of carbonyl (C=O) groups excluding carboxylic acids is 1.